The summed E-state index contributed by atoms with van der Waals surface area (Å²) < 4.78 is 78.9. The summed E-state index contributed by atoms with van der Waals surface area (Å²) in [6.45, 7) is 1.06. The zero-order valence-electron chi connectivity index (χ0n) is 16.7. The van der Waals surface area contributed by atoms with Crippen molar-refractivity contribution in [1.29, 1.82) is 0 Å². The van der Waals surface area contributed by atoms with Crippen LogP contribution < -0.4 is 5.32 Å². The smallest absolute Gasteiger partial charge is 0.419 e. The Hall–Kier alpha value is -2.50. The van der Waals surface area contributed by atoms with Crippen molar-refractivity contribution in [1.82, 2.24) is 9.62 Å². The molecule has 1 aliphatic heterocycles. The molecule has 2 N–H and O–H groups in total. The third-order valence-corrected chi connectivity index (χ3v) is 8.65. The number of carboxylic acids is 1. The number of carbonyl (C=O) groups is 1. The molecule has 172 valence electrons. The zero-order chi connectivity index (χ0) is 23.3. The van der Waals surface area contributed by atoms with Gasteiger partial charge in [-0.05, 0) is 47.2 Å². The van der Waals surface area contributed by atoms with Gasteiger partial charge >= 0.3 is 12.1 Å². The third-order valence-electron chi connectivity index (χ3n) is 6.13. The predicted molar refractivity (Wildman–Crippen MR) is 108 cm³/mol. The zero-order valence-corrected chi connectivity index (χ0v) is 17.6. The number of alkyl halides is 3. The van der Waals surface area contributed by atoms with Gasteiger partial charge in [-0.2, -0.15) is 17.5 Å². The van der Waals surface area contributed by atoms with E-state index in [1.807, 2.05) is 0 Å². The Labute approximate surface area is 181 Å². The molecular formula is C21H20F4N2O4S. The highest BCUT2D eigenvalue weighted by molar-refractivity contribution is 7.90. The van der Waals surface area contributed by atoms with Crippen molar-refractivity contribution in [2.24, 2.45) is 0 Å². The molecule has 6 nitrogen and oxygen atoms in total. The minimum atomic E-state index is -4.85. The lowest BCUT2D eigenvalue weighted by Crippen LogP contribution is -2.55. The van der Waals surface area contributed by atoms with Gasteiger partial charge < -0.3 is 10.4 Å². The SMILES string of the molecule is O=C(O)C1(S(=O)(=O)N2CCNCC2)CCc2c(-c3ccc(C(F)(F)F)c(F)c3)cccc21. The molecule has 1 unspecified atom stereocenters. The van der Waals surface area contributed by atoms with Crippen LogP contribution in [-0.4, -0.2) is 50.0 Å². The van der Waals surface area contributed by atoms with E-state index < -0.39 is 38.3 Å². The summed E-state index contributed by atoms with van der Waals surface area (Å²) in [5.74, 6) is -2.96. The number of fused-ring (bicyclic) bond motifs is 1. The highest BCUT2D eigenvalue weighted by Gasteiger charge is 2.58. The molecule has 0 spiro atoms. The average Bonchev–Trinajstić information content (AvgIpc) is 3.15. The number of benzene rings is 2. The van der Waals surface area contributed by atoms with Crippen LogP contribution in [0, 0.1) is 5.82 Å². The first-order valence-corrected chi connectivity index (χ1v) is 11.4. The molecular weight excluding hydrogens is 452 g/mol. The molecule has 0 aromatic heterocycles. The van der Waals surface area contributed by atoms with E-state index in [1.54, 1.807) is 0 Å². The fraction of sp³-hybridized carbons (Fsp3) is 0.381. The maximum atomic E-state index is 14.2. The molecule has 32 heavy (non-hydrogen) atoms. The van der Waals surface area contributed by atoms with E-state index in [9.17, 15) is 35.9 Å². The summed E-state index contributed by atoms with van der Waals surface area (Å²) in [4.78, 5) is 12.4. The van der Waals surface area contributed by atoms with Crippen molar-refractivity contribution in [3.05, 3.63) is 58.9 Å². The summed E-state index contributed by atoms with van der Waals surface area (Å²) in [6, 6.07) is 6.86. The number of rotatable bonds is 4. The Morgan fingerprint density at radius 3 is 2.41 bits per heavy atom. The normalized spacial score (nSPS) is 22.0. The molecule has 1 heterocycles. The molecule has 1 atom stereocenters. The molecule has 0 bridgehead atoms. The van der Waals surface area contributed by atoms with Crippen LogP contribution in [0.1, 0.15) is 23.1 Å². The van der Waals surface area contributed by atoms with E-state index >= 15 is 0 Å². The summed E-state index contributed by atoms with van der Waals surface area (Å²) in [5, 5.41) is 13.1. The van der Waals surface area contributed by atoms with E-state index in [0.717, 1.165) is 16.4 Å². The Kier molecular flexibility index (Phi) is 5.54. The molecule has 0 saturated carbocycles. The van der Waals surface area contributed by atoms with Crippen LogP contribution in [0.2, 0.25) is 0 Å². The number of carboxylic acid groups (broad SMARTS) is 1. The van der Waals surface area contributed by atoms with E-state index in [4.69, 9.17) is 0 Å². The standard InChI is InChI=1S/C21H20F4N2O4S/c22-18-12-13(4-5-17(18)21(23,24)25)14-2-1-3-16-15(14)6-7-20(16,19(28)29)32(30,31)27-10-8-26-9-11-27/h1-5,12,26H,6-11H2,(H,28,29). The molecule has 0 amide bonds. The minimum absolute atomic E-state index is 0.0707. The van der Waals surface area contributed by atoms with Gasteiger partial charge in [-0.25, -0.2) is 12.8 Å². The monoisotopic (exact) mass is 472 g/mol. The van der Waals surface area contributed by atoms with Crippen molar-refractivity contribution in [3.63, 3.8) is 0 Å². The molecule has 2 aromatic rings. The second kappa shape index (κ2) is 7.82. The number of sulfonamides is 1. The Bertz CT molecular complexity index is 1180. The second-order valence-electron chi connectivity index (χ2n) is 7.81. The van der Waals surface area contributed by atoms with Crippen molar-refractivity contribution in [2.75, 3.05) is 26.2 Å². The number of halogens is 4. The number of hydrogen-bond donors (Lipinski definition) is 2. The summed E-state index contributed by atoms with van der Waals surface area (Å²) in [6.07, 6.45) is -4.99. The number of hydrogen-bond acceptors (Lipinski definition) is 4. The largest absolute Gasteiger partial charge is 0.480 e. The van der Waals surface area contributed by atoms with Gasteiger partial charge in [0.1, 0.15) is 5.82 Å². The Morgan fingerprint density at radius 1 is 1.12 bits per heavy atom. The first-order valence-electron chi connectivity index (χ1n) is 9.93. The summed E-state index contributed by atoms with van der Waals surface area (Å²) in [7, 11) is -4.30. The Morgan fingerprint density at radius 2 is 1.81 bits per heavy atom. The first-order chi connectivity index (χ1) is 15.0. The van der Waals surface area contributed by atoms with Gasteiger partial charge in [-0.15, -0.1) is 0 Å². The molecule has 0 radical (unpaired) electrons. The van der Waals surface area contributed by atoms with Crippen LogP contribution in [0.25, 0.3) is 11.1 Å². The van der Waals surface area contributed by atoms with Crippen molar-refractivity contribution in [3.8, 4) is 11.1 Å². The molecule has 1 aliphatic carbocycles. The molecule has 2 aromatic carbocycles. The Balaban J connectivity index is 1.85. The maximum absolute atomic E-state index is 14.2. The van der Waals surface area contributed by atoms with Crippen LogP contribution in [0.15, 0.2) is 36.4 Å². The van der Waals surface area contributed by atoms with Crippen molar-refractivity contribution in [2.45, 2.75) is 23.8 Å². The fourth-order valence-corrected chi connectivity index (χ4v) is 6.71. The highest BCUT2D eigenvalue weighted by atomic mass is 32.2. The third kappa shape index (κ3) is 3.39. The molecule has 4 rings (SSSR count). The van der Waals surface area contributed by atoms with E-state index in [1.165, 1.54) is 18.2 Å². The highest BCUT2D eigenvalue weighted by Crippen LogP contribution is 2.48. The van der Waals surface area contributed by atoms with Crippen LogP contribution in [-0.2, 0) is 32.2 Å². The van der Waals surface area contributed by atoms with Gasteiger partial charge in [0, 0.05) is 26.2 Å². The fourth-order valence-electron chi connectivity index (χ4n) is 4.56. The molecule has 11 heteroatoms. The van der Waals surface area contributed by atoms with Crippen molar-refractivity contribution >= 4 is 16.0 Å². The lowest BCUT2D eigenvalue weighted by molar-refractivity contribution is -0.141. The van der Waals surface area contributed by atoms with E-state index in [0.29, 0.717) is 30.3 Å². The predicted octanol–water partition coefficient (Wildman–Crippen LogP) is 2.97. The van der Waals surface area contributed by atoms with Gasteiger partial charge in [-0.1, -0.05) is 24.3 Å². The molecule has 1 saturated heterocycles. The number of aliphatic carboxylic acids is 1. The van der Waals surface area contributed by atoms with Gasteiger partial charge in [0.2, 0.25) is 14.8 Å². The average molecular weight is 472 g/mol. The van der Waals surface area contributed by atoms with Gasteiger partial charge in [0.25, 0.3) is 0 Å². The maximum Gasteiger partial charge on any atom is 0.419 e. The van der Waals surface area contributed by atoms with Crippen molar-refractivity contribution < 1.29 is 35.9 Å². The van der Waals surface area contributed by atoms with E-state index in [-0.39, 0.29) is 37.1 Å². The lowest BCUT2D eigenvalue weighted by atomic mass is 9.93. The van der Waals surface area contributed by atoms with Gasteiger partial charge in [0.15, 0.2) is 0 Å². The number of nitrogens with zero attached hydrogens (tertiary/aromatic N) is 1. The lowest BCUT2D eigenvalue weighted by Gasteiger charge is -2.35. The van der Waals surface area contributed by atoms with Crippen LogP contribution in [0.4, 0.5) is 17.6 Å². The van der Waals surface area contributed by atoms with E-state index in [2.05, 4.69) is 5.32 Å². The number of piperazine rings is 1. The second-order valence-corrected chi connectivity index (χ2v) is 9.97. The van der Waals surface area contributed by atoms with Crippen LogP contribution in [0.3, 0.4) is 0 Å². The quantitative estimate of drug-likeness (QED) is 0.669. The summed E-state index contributed by atoms with van der Waals surface area (Å²) in [5.41, 5.74) is -0.522. The summed E-state index contributed by atoms with van der Waals surface area (Å²) >= 11 is 0. The van der Waals surface area contributed by atoms with Crippen LogP contribution >= 0.6 is 0 Å². The van der Waals surface area contributed by atoms with Gasteiger partial charge in [0.05, 0.1) is 5.56 Å². The minimum Gasteiger partial charge on any atom is -0.480 e. The topological polar surface area (TPSA) is 86.7 Å². The first kappa shape index (κ1) is 22.7. The molecule has 2 aliphatic rings. The molecule has 1 fully saturated rings. The number of nitrogens with one attached hydrogen (secondary N) is 1. The van der Waals surface area contributed by atoms with Crippen LogP contribution in [0.5, 0.6) is 0 Å². The van der Waals surface area contributed by atoms with Gasteiger partial charge in [-0.3, -0.25) is 4.79 Å².